The van der Waals surface area contributed by atoms with Crippen LogP contribution in [0.5, 0.6) is 11.5 Å². The number of halogens is 3. The molecule has 2 aliphatic rings. The molecule has 0 radical (unpaired) electrons. The number of nitrogens with zero attached hydrogens (tertiary/aromatic N) is 10. The number of carbonyl (C=O) groups is 7. The second kappa shape index (κ2) is 25.8. The average molecular weight is 1210 g/mol. The van der Waals surface area contributed by atoms with E-state index in [9.17, 15) is 46.7 Å². The third kappa shape index (κ3) is 12.3. The molecule has 454 valence electrons. The van der Waals surface area contributed by atoms with Crippen molar-refractivity contribution < 1.29 is 60.9 Å². The molecule has 6 aromatic heterocycles. The first kappa shape index (κ1) is 60.9. The van der Waals surface area contributed by atoms with Gasteiger partial charge >= 0.3 is 12.1 Å². The third-order valence-corrected chi connectivity index (χ3v) is 15.1. The Labute approximate surface area is 506 Å². The predicted molar refractivity (Wildman–Crippen MR) is 320 cm³/mol. The van der Waals surface area contributed by atoms with E-state index in [0.717, 1.165) is 17.7 Å². The van der Waals surface area contributed by atoms with Gasteiger partial charge in [0.15, 0.2) is 11.6 Å². The summed E-state index contributed by atoms with van der Waals surface area (Å²) in [4.78, 5) is 112. The Morgan fingerprint density at radius 3 is 1.24 bits per heavy atom. The molecular weight excluding hydrogens is 1150 g/mol. The maximum atomic E-state index is 13.5. The highest BCUT2D eigenvalue weighted by molar-refractivity contribution is 6.46. The summed E-state index contributed by atoms with van der Waals surface area (Å²) >= 11 is 0. The Hall–Kier alpha value is -11.2. The summed E-state index contributed by atoms with van der Waals surface area (Å²) < 4.78 is 57.6. The zero-order valence-corrected chi connectivity index (χ0v) is 47.4. The van der Waals surface area contributed by atoms with E-state index in [-0.39, 0.29) is 62.3 Å². The molecule has 2 aliphatic heterocycles. The van der Waals surface area contributed by atoms with Gasteiger partial charge < -0.3 is 43.8 Å². The fourth-order valence-corrected chi connectivity index (χ4v) is 10.4. The Morgan fingerprint density at radius 2 is 0.865 bits per heavy atom. The van der Waals surface area contributed by atoms with Crippen molar-refractivity contribution >= 4 is 63.0 Å². The summed E-state index contributed by atoms with van der Waals surface area (Å²) in [6.45, 7) is 2.12. The van der Waals surface area contributed by atoms with Crippen LogP contribution in [0.25, 0.3) is 56.0 Å². The van der Waals surface area contributed by atoms with Crippen molar-refractivity contribution in [2.75, 3.05) is 73.7 Å². The molecule has 2 fully saturated rings. The molecule has 0 saturated carbocycles. The average Bonchev–Trinajstić information content (AvgIpc) is 1.70. The lowest BCUT2D eigenvalue weighted by Crippen LogP contribution is -2.52. The number of methoxy groups -OCH3 is 3. The van der Waals surface area contributed by atoms with Crippen LogP contribution in [0.4, 0.5) is 13.2 Å². The predicted octanol–water partition coefficient (Wildman–Crippen LogP) is 8.62. The molecule has 22 nitrogen and oxygen atoms in total. The fraction of sp³-hybridized carbons (Fsp3) is 0.203. The van der Waals surface area contributed by atoms with Gasteiger partial charge in [-0.05, 0) is 60.7 Å². The number of pyridine rings is 2. The number of carbonyl (C=O) groups excluding carboxylic acids is 7. The van der Waals surface area contributed by atoms with Gasteiger partial charge in [0, 0.05) is 99.4 Å². The number of Topliss-reactive ketones (excluding diaryl/α,β-unsaturated/α-hetero) is 2. The molecule has 0 unspecified atom stereocenters. The van der Waals surface area contributed by atoms with E-state index in [4.69, 9.17) is 14.2 Å². The van der Waals surface area contributed by atoms with Crippen molar-refractivity contribution in [3.05, 3.63) is 192 Å². The minimum absolute atomic E-state index is 0. The Morgan fingerprint density at radius 1 is 0.483 bits per heavy atom. The summed E-state index contributed by atoms with van der Waals surface area (Å²) in [5, 5.41) is 9.86. The van der Waals surface area contributed by atoms with E-state index in [1.807, 2.05) is 12.1 Å². The van der Waals surface area contributed by atoms with Crippen molar-refractivity contribution in [1.82, 2.24) is 59.1 Å². The second-order valence-electron chi connectivity index (χ2n) is 20.2. The van der Waals surface area contributed by atoms with Crippen molar-refractivity contribution in [1.29, 1.82) is 0 Å². The van der Waals surface area contributed by atoms with E-state index in [1.54, 1.807) is 112 Å². The van der Waals surface area contributed by atoms with Crippen LogP contribution in [0, 0.1) is 0 Å². The first-order valence-corrected chi connectivity index (χ1v) is 27.5. The zero-order valence-electron chi connectivity index (χ0n) is 47.4. The maximum Gasteiger partial charge on any atom is 0.416 e. The number of ketones is 2. The molecular formula is C64H57F3N12O10. The largest absolute Gasteiger partial charge is 0.494 e. The molecule has 12 rings (SSSR count). The summed E-state index contributed by atoms with van der Waals surface area (Å²) in [6, 6.07) is 32.7. The molecule has 2 N–H and O–H groups in total. The van der Waals surface area contributed by atoms with Gasteiger partial charge in [0.25, 0.3) is 35.2 Å². The van der Waals surface area contributed by atoms with Crippen LogP contribution in [0.2, 0.25) is 0 Å². The molecule has 8 heterocycles. The monoisotopic (exact) mass is 1210 g/mol. The lowest BCUT2D eigenvalue weighted by atomic mass is 10.1. The number of aromatic nitrogens is 8. The number of hydrogen-bond acceptors (Lipinski definition) is 14. The first-order chi connectivity index (χ1) is 42.5. The Balaban J connectivity index is 0.000000194. The minimum atomic E-state index is -4.45. The molecule has 0 bridgehead atoms. The van der Waals surface area contributed by atoms with Gasteiger partial charge in [0.05, 0.1) is 89.2 Å². The number of piperazine rings is 2. The van der Waals surface area contributed by atoms with Crippen LogP contribution < -0.4 is 9.47 Å². The molecule has 25 heteroatoms. The van der Waals surface area contributed by atoms with E-state index in [1.165, 1.54) is 72.7 Å². The van der Waals surface area contributed by atoms with Crippen LogP contribution >= 0.6 is 0 Å². The van der Waals surface area contributed by atoms with Crippen molar-refractivity contribution in [3.8, 4) is 45.6 Å². The number of rotatable bonds is 13. The molecule has 2 saturated heterocycles. The molecule has 4 amide bonds. The molecule has 0 spiro atoms. The molecule has 89 heavy (non-hydrogen) atoms. The van der Waals surface area contributed by atoms with Gasteiger partial charge in [-0.3, -0.25) is 28.8 Å². The van der Waals surface area contributed by atoms with E-state index in [2.05, 4.69) is 30.1 Å². The summed E-state index contributed by atoms with van der Waals surface area (Å²) in [5.41, 5.74) is 4.18. The Kier molecular flexibility index (Phi) is 17.6. The number of alkyl halides is 3. The summed E-state index contributed by atoms with van der Waals surface area (Å²) in [5.74, 6) is -2.20. The Bertz CT molecular complexity index is 4280. The van der Waals surface area contributed by atoms with E-state index >= 15 is 0 Å². The number of H-pyrrole nitrogens is 2. The van der Waals surface area contributed by atoms with Gasteiger partial charge in [-0.15, -0.1) is 0 Å². The third-order valence-electron chi connectivity index (χ3n) is 15.1. The number of hydrogen-bond donors (Lipinski definition) is 2. The van der Waals surface area contributed by atoms with Gasteiger partial charge in [0.2, 0.25) is 0 Å². The zero-order chi connectivity index (χ0) is 61.8. The maximum absolute atomic E-state index is 13.5. The van der Waals surface area contributed by atoms with Gasteiger partial charge in [-0.25, -0.2) is 24.1 Å². The van der Waals surface area contributed by atoms with Crippen LogP contribution in [-0.2, 0) is 20.5 Å². The van der Waals surface area contributed by atoms with Crippen LogP contribution in [-0.4, -0.2) is 174 Å². The highest BCUT2D eigenvalue weighted by Crippen LogP contribution is 2.36. The number of benzene rings is 4. The van der Waals surface area contributed by atoms with E-state index in [0.29, 0.717) is 99.0 Å². The molecule has 0 atom stereocenters. The van der Waals surface area contributed by atoms with Crippen LogP contribution in [0.15, 0.2) is 159 Å². The SMILES string of the molecule is C.COC(=O)c1ccc(-c2ccn(-c3ncc(OC)c4c(C(=O)C(=O)N5CCN(C(=O)c6ccccc6)CC5)c[nH]c34)n2)cc1.COc1cnc(-n2ccc(-c3ccc(C(F)(F)F)cc3)n2)c2[nH]cc(C(=O)C(=O)N3CCN(C(=O)c4ccccc4)CC3)c12. The number of nitrogens with one attached hydrogen (secondary N) is 2. The molecule has 10 aromatic rings. The standard InChI is InChI=1S/C32H28N6O6.C31H25F3N6O4.CH4/c1-43-25-19-34-29(38-13-12-24(35-38)20-8-10-22(11-9-20)32(42)44-2)27-26(25)23(18-33-27)28(39)31(41)37-16-14-36(15-17-37)30(40)21-6-4-3-5-7-21;1-44-24-18-36-28(40-12-11-23(37-40)19-7-9-21(10-8-19)31(32,33)34)26-25(24)22(17-35-26)27(41)30(43)39-15-13-38(14-16-39)29(42)20-5-3-2-4-6-20;/h3-13,18-19,33H,14-17H2,1-2H3;2-12,17-18,35H,13-16H2,1H3;1H4. The van der Waals surface area contributed by atoms with Gasteiger partial charge in [-0.1, -0.05) is 68.1 Å². The topological polar surface area (TPSA) is 253 Å². The fourth-order valence-electron chi connectivity index (χ4n) is 10.4. The number of ether oxygens (including phenoxy) is 3. The van der Waals surface area contributed by atoms with Gasteiger partial charge in [0.1, 0.15) is 11.5 Å². The number of aromatic amines is 2. The van der Waals surface area contributed by atoms with E-state index < -0.39 is 41.1 Å². The normalized spacial score (nSPS) is 13.3. The second-order valence-corrected chi connectivity index (χ2v) is 20.2. The van der Waals surface area contributed by atoms with Gasteiger partial charge in [-0.2, -0.15) is 23.4 Å². The summed E-state index contributed by atoms with van der Waals surface area (Å²) in [6.07, 6.45) is 4.63. The van der Waals surface area contributed by atoms with Crippen molar-refractivity contribution in [2.24, 2.45) is 0 Å². The van der Waals surface area contributed by atoms with Crippen LogP contribution in [0.1, 0.15) is 64.8 Å². The quantitative estimate of drug-likeness (QED) is 0.0623. The van der Waals surface area contributed by atoms with Crippen LogP contribution in [0.3, 0.4) is 0 Å². The first-order valence-electron chi connectivity index (χ1n) is 27.5. The highest BCUT2D eigenvalue weighted by atomic mass is 19.4. The lowest BCUT2D eigenvalue weighted by molar-refractivity contribution is -0.137. The summed E-state index contributed by atoms with van der Waals surface area (Å²) in [7, 11) is 4.21. The minimum Gasteiger partial charge on any atom is -0.494 e. The smallest absolute Gasteiger partial charge is 0.416 e. The highest BCUT2D eigenvalue weighted by Gasteiger charge is 2.34. The van der Waals surface area contributed by atoms with Crippen molar-refractivity contribution in [2.45, 2.75) is 13.6 Å². The number of amides is 4. The van der Waals surface area contributed by atoms with Crippen molar-refractivity contribution in [3.63, 3.8) is 0 Å². The lowest BCUT2D eigenvalue weighted by Gasteiger charge is -2.34. The molecule has 0 aliphatic carbocycles. The number of esters is 1. The molecule has 4 aromatic carbocycles. The number of fused-ring (bicyclic) bond motifs is 2.